The average Bonchev–Trinajstić information content (AvgIpc) is 2.33. The van der Waals surface area contributed by atoms with Crippen LogP contribution in [0, 0.1) is 6.92 Å². The van der Waals surface area contributed by atoms with Gasteiger partial charge in [-0.05, 0) is 19.1 Å². The Kier molecular flexibility index (Phi) is 3.24. The molecule has 2 aromatic heterocycles. The van der Waals surface area contributed by atoms with Gasteiger partial charge in [-0.1, -0.05) is 11.6 Å². The van der Waals surface area contributed by atoms with Crippen molar-refractivity contribution >= 4 is 23.3 Å². The lowest BCUT2D eigenvalue weighted by atomic mass is 10.4. The van der Waals surface area contributed by atoms with E-state index in [0.29, 0.717) is 5.82 Å². The lowest BCUT2D eigenvalue weighted by Crippen LogP contribution is -2.15. The number of nitrogens with one attached hydrogen (secondary N) is 1. The van der Waals surface area contributed by atoms with Gasteiger partial charge in [0, 0.05) is 6.20 Å². The zero-order valence-electron chi connectivity index (χ0n) is 8.88. The molecular formula is C10H8ClN5O. The molecule has 0 radical (unpaired) electrons. The minimum Gasteiger partial charge on any atom is -0.304 e. The van der Waals surface area contributed by atoms with E-state index in [-0.39, 0.29) is 10.8 Å². The van der Waals surface area contributed by atoms with Crippen molar-refractivity contribution in [3.8, 4) is 0 Å². The van der Waals surface area contributed by atoms with E-state index in [1.165, 1.54) is 18.5 Å². The molecule has 2 heterocycles. The molecule has 17 heavy (non-hydrogen) atoms. The first-order chi connectivity index (χ1) is 8.15. The van der Waals surface area contributed by atoms with E-state index in [0.717, 1.165) is 5.69 Å². The number of amides is 1. The molecule has 0 saturated carbocycles. The number of hydrogen-bond donors (Lipinski definition) is 1. The maximum atomic E-state index is 11.7. The Hall–Kier alpha value is -2.08. The Labute approximate surface area is 102 Å². The van der Waals surface area contributed by atoms with Gasteiger partial charge in [0.15, 0.2) is 11.0 Å². The number of rotatable bonds is 2. The van der Waals surface area contributed by atoms with Crippen LogP contribution in [0.5, 0.6) is 0 Å². The standard InChI is InChI=1S/C10H8ClN5O/c1-6-4-13-7(5-12-6)10(17)14-9-3-2-8(11)15-16-9/h2-5H,1H3,(H,14,16,17). The molecule has 1 amide bonds. The Balaban J connectivity index is 2.11. The molecule has 7 heteroatoms. The molecule has 2 aromatic rings. The van der Waals surface area contributed by atoms with E-state index in [9.17, 15) is 4.79 Å². The van der Waals surface area contributed by atoms with Crippen molar-refractivity contribution < 1.29 is 4.79 Å². The van der Waals surface area contributed by atoms with Crippen LogP contribution in [0.25, 0.3) is 0 Å². The lowest BCUT2D eigenvalue weighted by molar-refractivity contribution is 0.102. The lowest BCUT2D eigenvalue weighted by Gasteiger charge is -2.02. The zero-order valence-corrected chi connectivity index (χ0v) is 9.64. The van der Waals surface area contributed by atoms with Gasteiger partial charge < -0.3 is 5.32 Å². The minimum atomic E-state index is -0.394. The van der Waals surface area contributed by atoms with Gasteiger partial charge in [0.1, 0.15) is 5.69 Å². The highest BCUT2D eigenvalue weighted by Gasteiger charge is 2.08. The molecule has 2 rings (SSSR count). The number of nitrogens with zero attached hydrogens (tertiary/aromatic N) is 4. The molecule has 6 nitrogen and oxygen atoms in total. The van der Waals surface area contributed by atoms with E-state index in [1.807, 2.05) is 0 Å². The Morgan fingerprint density at radius 1 is 1.24 bits per heavy atom. The molecule has 0 saturated heterocycles. The van der Waals surface area contributed by atoms with E-state index in [1.54, 1.807) is 13.0 Å². The molecule has 0 aliphatic carbocycles. The molecule has 1 N–H and O–H groups in total. The molecule has 0 unspecified atom stereocenters. The number of aromatic nitrogens is 4. The summed E-state index contributed by atoms with van der Waals surface area (Å²) in [6.45, 7) is 1.79. The summed E-state index contributed by atoms with van der Waals surface area (Å²) in [5, 5.41) is 10.1. The topological polar surface area (TPSA) is 80.7 Å². The maximum Gasteiger partial charge on any atom is 0.277 e. The van der Waals surface area contributed by atoms with Gasteiger partial charge in [-0.2, -0.15) is 0 Å². The van der Waals surface area contributed by atoms with E-state index >= 15 is 0 Å². The monoisotopic (exact) mass is 249 g/mol. The van der Waals surface area contributed by atoms with Gasteiger partial charge in [0.2, 0.25) is 0 Å². The third-order valence-corrected chi connectivity index (χ3v) is 2.09. The number of aryl methyl sites for hydroxylation is 1. The summed E-state index contributed by atoms with van der Waals surface area (Å²) < 4.78 is 0. The van der Waals surface area contributed by atoms with Crippen LogP contribution in [-0.4, -0.2) is 26.1 Å². The van der Waals surface area contributed by atoms with Gasteiger partial charge >= 0.3 is 0 Å². The first-order valence-electron chi connectivity index (χ1n) is 4.74. The van der Waals surface area contributed by atoms with Crippen molar-refractivity contribution in [3.05, 3.63) is 41.1 Å². The van der Waals surface area contributed by atoms with Crippen LogP contribution >= 0.6 is 11.6 Å². The zero-order chi connectivity index (χ0) is 12.3. The van der Waals surface area contributed by atoms with Crippen molar-refractivity contribution in [2.75, 3.05) is 5.32 Å². The van der Waals surface area contributed by atoms with Crippen LogP contribution in [0.1, 0.15) is 16.2 Å². The summed E-state index contributed by atoms with van der Waals surface area (Å²) in [4.78, 5) is 19.6. The molecule has 0 atom stereocenters. The highest BCUT2D eigenvalue weighted by atomic mass is 35.5. The normalized spacial score (nSPS) is 10.0. The predicted octanol–water partition coefficient (Wildman–Crippen LogP) is 1.48. The van der Waals surface area contributed by atoms with Crippen LogP contribution in [0.2, 0.25) is 5.15 Å². The largest absolute Gasteiger partial charge is 0.304 e. The first kappa shape index (κ1) is 11.4. The van der Waals surface area contributed by atoms with Gasteiger partial charge in [0.25, 0.3) is 5.91 Å². The fourth-order valence-corrected chi connectivity index (χ4v) is 1.17. The molecule has 0 aliphatic rings. The average molecular weight is 250 g/mol. The second kappa shape index (κ2) is 4.84. The summed E-state index contributed by atoms with van der Waals surface area (Å²) in [7, 11) is 0. The van der Waals surface area contributed by atoms with E-state index in [2.05, 4.69) is 25.5 Å². The summed E-state index contributed by atoms with van der Waals surface area (Å²) in [5.41, 5.74) is 0.959. The molecule has 0 spiro atoms. The fraction of sp³-hybridized carbons (Fsp3) is 0.100. The van der Waals surface area contributed by atoms with Crippen molar-refractivity contribution in [3.63, 3.8) is 0 Å². The Morgan fingerprint density at radius 2 is 2.06 bits per heavy atom. The van der Waals surface area contributed by atoms with Crippen LogP contribution in [0.3, 0.4) is 0 Å². The summed E-state index contributed by atoms with van der Waals surface area (Å²) >= 11 is 5.57. The van der Waals surface area contributed by atoms with Crippen LogP contribution < -0.4 is 5.32 Å². The maximum absolute atomic E-state index is 11.7. The smallest absolute Gasteiger partial charge is 0.277 e. The highest BCUT2D eigenvalue weighted by molar-refractivity contribution is 6.29. The number of hydrogen-bond acceptors (Lipinski definition) is 5. The highest BCUT2D eigenvalue weighted by Crippen LogP contribution is 2.07. The molecule has 0 aromatic carbocycles. The van der Waals surface area contributed by atoms with Crippen LogP contribution in [0.4, 0.5) is 5.82 Å². The van der Waals surface area contributed by atoms with Crippen LogP contribution in [-0.2, 0) is 0 Å². The minimum absolute atomic E-state index is 0.215. The number of carbonyl (C=O) groups is 1. The van der Waals surface area contributed by atoms with Gasteiger partial charge in [-0.15, -0.1) is 10.2 Å². The van der Waals surface area contributed by atoms with Gasteiger partial charge in [-0.3, -0.25) is 9.78 Å². The quantitative estimate of drug-likeness (QED) is 0.872. The third kappa shape index (κ3) is 2.94. The van der Waals surface area contributed by atoms with E-state index < -0.39 is 5.91 Å². The number of anilines is 1. The Bertz CT molecular complexity index is 525. The first-order valence-corrected chi connectivity index (χ1v) is 5.12. The summed E-state index contributed by atoms with van der Waals surface area (Å²) in [5.74, 6) is -0.0871. The SMILES string of the molecule is Cc1cnc(C(=O)Nc2ccc(Cl)nn2)cn1. The van der Waals surface area contributed by atoms with Crippen LogP contribution in [0.15, 0.2) is 24.5 Å². The summed E-state index contributed by atoms with van der Waals surface area (Å²) in [6.07, 6.45) is 2.91. The predicted molar refractivity (Wildman–Crippen MR) is 61.8 cm³/mol. The second-order valence-corrected chi connectivity index (χ2v) is 3.63. The van der Waals surface area contributed by atoms with Crippen molar-refractivity contribution in [1.29, 1.82) is 0 Å². The molecule has 0 aliphatic heterocycles. The molecular weight excluding hydrogens is 242 g/mol. The molecule has 0 fully saturated rings. The van der Waals surface area contributed by atoms with Gasteiger partial charge in [0.05, 0.1) is 11.9 Å². The van der Waals surface area contributed by atoms with Crippen molar-refractivity contribution in [1.82, 2.24) is 20.2 Å². The molecule has 0 bridgehead atoms. The van der Waals surface area contributed by atoms with Gasteiger partial charge in [-0.25, -0.2) is 4.98 Å². The number of halogens is 1. The third-order valence-electron chi connectivity index (χ3n) is 1.89. The number of carbonyl (C=O) groups excluding carboxylic acids is 1. The Morgan fingerprint density at radius 3 is 2.65 bits per heavy atom. The van der Waals surface area contributed by atoms with Crippen molar-refractivity contribution in [2.45, 2.75) is 6.92 Å². The second-order valence-electron chi connectivity index (χ2n) is 3.24. The fourth-order valence-electron chi connectivity index (χ4n) is 1.07. The molecule has 86 valence electrons. The van der Waals surface area contributed by atoms with E-state index in [4.69, 9.17) is 11.6 Å². The summed E-state index contributed by atoms with van der Waals surface area (Å²) in [6, 6.07) is 3.08. The van der Waals surface area contributed by atoms with Crippen molar-refractivity contribution in [2.24, 2.45) is 0 Å².